The number of rotatable bonds is 6. The van der Waals surface area contributed by atoms with Crippen LogP contribution in [0.3, 0.4) is 0 Å². The van der Waals surface area contributed by atoms with Gasteiger partial charge in [0.05, 0.1) is 18.4 Å². The fraction of sp³-hybridized carbons (Fsp3) is 0.238. The molecule has 0 radical (unpaired) electrons. The average molecular weight is 335 g/mol. The quantitative estimate of drug-likeness (QED) is 0.698. The second-order valence-electron chi connectivity index (χ2n) is 6.35. The Hall–Kier alpha value is -2.88. The number of para-hydroxylation sites is 1. The molecule has 0 saturated carbocycles. The average Bonchev–Trinajstić information content (AvgIpc) is 2.64. The first kappa shape index (κ1) is 17.0. The topological polar surface area (TPSA) is 55.4 Å². The fourth-order valence-electron chi connectivity index (χ4n) is 2.90. The van der Waals surface area contributed by atoms with Gasteiger partial charge in [0, 0.05) is 12.1 Å². The van der Waals surface area contributed by atoms with E-state index in [0.717, 1.165) is 16.9 Å². The van der Waals surface area contributed by atoms with Crippen LogP contribution in [0.2, 0.25) is 0 Å². The zero-order chi connectivity index (χ0) is 18.0. The highest BCUT2D eigenvalue weighted by Crippen LogP contribution is 2.27. The maximum atomic E-state index is 12.1. The van der Waals surface area contributed by atoms with Gasteiger partial charge in [-0.25, -0.2) is 0 Å². The third-order valence-corrected chi connectivity index (χ3v) is 4.42. The van der Waals surface area contributed by atoms with Crippen LogP contribution in [0.25, 0.3) is 11.1 Å². The van der Waals surface area contributed by atoms with Gasteiger partial charge in [-0.1, -0.05) is 56.3 Å². The normalized spacial score (nSPS) is 11.0. The Kier molecular flexibility index (Phi) is 4.70. The van der Waals surface area contributed by atoms with Crippen molar-refractivity contribution in [3.63, 3.8) is 0 Å². The number of hydrogen-bond acceptors (Lipinski definition) is 4. The standard InChI is InChI=1S/C21H21NO3/c1-13(2)14-8-10-15(11-9-14)18-19(21(24)20(18)23)22-12-16-6-4-5-7-17(16)25-3/h4-11,13,22H,12H2,1-3H3. The molecule has 1 N–H and O–H groups in total. The van der Waals surface area contributed by atoms with E-state index in [-0.39, 0.29) is 0 Å². The lowest BCUT2D eigenvalue weighted by Gasteiger charge is -2.15. The van der Waals surface area contributed by atoms with Crippen LogP contribution in [-0.4, -0.2) is 7.11 Å². The van der Waals surface area contributed by atoms with Crippen molar-refractivity contribution in [1.29, 1.82) is 0 Å². The molecule has 0 aliphatic heterocycles. The van der Waals surface area contributed by atoms with Crippen LogP contribution in [-0.2, 0) is 6.54 Å². The third kappa shape index (κ3) is 3.20. The summed E-state index contributed by atoms with van der Waals surface area (Å²) < 4.78 is 5.32. The van der Waals surface area contributed by atoms with Gasteiger partial charge in [-0.05, 0) is 23.1 Å². The van der Waals surface area contributed by atoms with E-state index >= 15 is 0 Å². The molecule has 4 heteroatoms. The molecular weight excluding hydrogens is 314 g/mol. The summed E-state index contributed by atoms with van der Waals surface area (Å²) in [5.74, 6) is 1.17. The minimum absolute atomic E-state index is 0.383. The summed E-state index contributed by atoms with van der Waals surface area (Å²) in [6.07, 6.45) is 0. The first-order valence-corrected chi connectivity index (χ1v) is 8.32. The van der Waals surface area contributed by atoms with Crippen molar-refractivity contribution in [1.82, 2.24) is 0 Å². The highest BCUT2D eigenvalue weighted by atomic mass is 16.5. The van der Waals surface area contributed by atoms with Crippen molar-refractivity contribution >= 4 is 5.69 Å². The Labute approximate surface area is 146 Å². The van der Waals surface area contributed by atoms with Crippen LogP contribution in [0.15, 0.2) is 58.1 Å². The Bertz CT molecular complexity index is 948. The molecule has 4 nitrogen and oxygen atoms in total. The van der Waals surface area contributed by atoms with Crippen LogP contribution >= 0.6 is 0 Å². The maximum absolute atomic E-state index is 12.1. The summed E-state index contributed by atoms with van der Waals surface area (Å²) in [6, 6.07) is 15.4. The van der Waals surface area contributed by atoms with Gasteiger partial charge in [0.1, 0.15) is 5.75 Å². The molecule has 0 fully saturated rings. The Balaban J connectivity index is 1.86. The second-order valence-corrected chi connectivity index (χ2v) is 6.35. The van der Waals surface area contributed by atoms with Crippen molar-refractivity contribution in [3.05, 3.63) is 80.1 Å². The van der Waals surface area contributed by atoms with Crippen molar-refractivity contribution in [3.8, 4) is 16.9 Å². The van der Waals surface area contributed by atoms with E-state index in [1.807, 2.05) is 48.5 Å². The van der Waals surface area contributed by atoms with Crippen LogP contribution in [0, 0.1) is 0 Å². The molecule has 0 atom stereocenters. The van der Waals surface area contributed by atoms with Crippen molar-refractivity contribution < 1.29 is 4.74 Å². The molecule has 0 spiro atoms. The highest BCUT2D eigenvalue weighted by Gasteiger charge is 2.22. The van der Waals surface area contributed by atoms with Gasteiger partial charge in [0.15, 0.2) is 0 Å². The number of ether oxygens (including phenoxy) is 1. The van der Waals surface area contributed by atoms with Gasteiger partial charge >= 0.3 is 0 Å². The summed E-state index contributed by atoms with van der Waals surface area (Å²) in [4.78, 5) is 24.0. The smallest absolute Gasteiger partial charge is 0.250 e. The van der Waals surface area contributed by atoms with E-state index in [0.29, 0.717) is 23.7 Å². The molecule has 0 bridgehead atoms. The maximum Gasteiger partial charge on any atom is 0.250 e. The van der Waals surface area contributed by atoms with Gasteiger partial charge < -0.3 is 10.1 Å². The van der Waals surface area contributed by atoms with Gasteiger partial charge in [-0.2, -0.15) is 0 Å². The minimum Gasteiger partial charge on any atom is -0.496 e. The minimum atomic E-state index is -0.460. The van der Waals surface area contributed by atoms with Crippen LogP contribution < -0.4 is 20.9 Å². The molecule has 3 rings (SSSR count). The molecule has 0 aromatic heterocycles. The predicted octanol–water partition coefficient (Wildman–Crippen LogP) is 3.69. The lowest BCUT2D eigenvalue weighted by atomic mass is 9.95. The van der Waals surface area contributed by atoms with Gasteiger partial charge in [-0.3, -0.25) is 9.59 Å². The van der Waals surface area contributed by atoms with Gasteiger partial charge in [0.25, 0.3) is 0 Å². The third-order valence-electron chi connectivity index (χ3n) is 4.42. The van der Waals surface area contributed by atoms with Crippen molar-refractivity contribution in [2.75, 3.05) is 12.4 Å². The molecule has 0 saturated heterocycles. The first-order chi connectivity index (χ1) is 12.0. The van der Waals surface area contributed by atoms with Crippen molar-refractivity contribution in [2.45, 2.75) is 26.3 Å². The molecule has 0 unspecified atom stereocenters. The zero-order valence-corrected chi connectivity index (χ0v) is 14.6. The number of hydrogen-bond donors (Lipinski definition) is 1. The zero-order valence-electron chi connectivity index (χ0n) is 14.6. The molecule has 0 aliphatic carbocycles. The lowest BCUT2D eigenvalue weighted by molar-refractivity contribution is 0.410. The monoisotopic (exact) mass is 335 g/mol. The molecule has 3 aromatic rings. The number of methoxy groups -OCH3 is 1. The van der Waals surface area contributed by atoms with E-state index in [1.165, 1.54) is 5.56 Å². The SMILES string of the molecule is COc1ccccc1CNc1c(-c2ccc(C(C)C)cc2)c(=O)c1=O. The Morgan fingerprint density at radius 2 is 1.64 bits per heavy atom. The molecule has 128 valence electrons. The van der Waals surface area contributed by atoms with E-state index < -0.39 is 10.9 Å². The summed E-state index contributed by atoms with van der Waals surface area (Å²) in [7, 11) is 1.61. The van der Waals surface area contributed by atoms with E-state index in [9.17, 15) is 9.59 Å². The summed E-state index contributed by atoms with van der Waals surface area (Å²) >= 11 is 0. The summed E-state index contributed by atoms with van der Waals surface area (Å²) in [5, 5.41) is 3.11. The summed E-state index contributed by atoms with van der Waals surface area (Å²) in [6.45, 7) is 4.66. The molecule has 0 heterocycles. The van der Waals surface area contributed by atoms with Crippen molar-refractivity contribution in [2.24, 2.45) is 0 Å². The highest BCUT2D eigenvalue weighted by molar-refractivity contribution is 5.82. The van der Waals surface area contributed by atoms with Gasteiger partial charge in [0.2, 0.25) is 10.9 Å². The molecule has 0 amide bonds. The van der Waals surface area contributed by atoms with E-state index in [4.69, 9.17) is 4.74 Å². The van der Waals surface area contributed by atoms with E-state index in [1.54, 1.807) is 7.11 Å². The molecule has 3 aromatic carbocycles. The number of nitrogens with one attached hydrogen (secondary N) is 1. The largest absolute Gasteiger partial charge is 0.496 e. The number of benzene rings is 2. The van der Waals surface area contributed by atoms with Crippen LogP contribution in [0.1, 0.15) is 30.9 Å². The molecule has 0 aliphatic rings. The van der Waals surface area contributed by atoms with Crippen LogP contribution in [0.4, 0.5) is 5.69 Å². The predicted molar refractivity (Wildman–Crippen MR) is 101 cm³/mol. The molecule has 25 heavy (non-hydrogen) atoms. The van der Waals surface area contributed by atoms with Crippen LogP contribution in [0.5, 0.6) is 5.75 Å². The Morgan fingerprint density at radius 3 is 2.28 bits per heavy atom. The fourth-order valence-corrected chi connectivity index (χ4v) is 2.90. The lowest BCUT2D eigenvalue weighted by Crippen LogP contribution is -2.36. The second kappa shape index (κ2) is 6.93. The first-order valence-electron chi connectivity index (χ1n) is 8.32. The Morgan fingerprint density at radius 1 is 0.960 bits per heavy atom. The summed E-state index contributed by atoms with van der Waals surface area (Å²) in [5.41, 5.74) is 2.86. The van der Waals surface area contributed by atoms with E-state index in [2.05, 4.69) is 19.2 Å². The molecular formula is C21H21NO3. The number of anilines is 1. The van der Waals surface area contributed by atoms with Gasteiger partial charge in [-0.15, -0.1) is 0 Å².